The summed E-state index contributed by atoms with van der Waals surface area (Å²) in [5.41, 5.74) is -1.13. The van der Waals surface area contributed by atoms with Crippen LogP contribution in [0.3, 0.4) is 0 Å². The number of carbonyl (C=O) groups excluding carboxylic acids is 3. The summed E-state index contributed by atoms with van der Waals surface area (Å²) in [6, 6.07) is 4.71. The van der Waals surface area contributed by atoms with Crippen LogP contribution < -0.4 is 10.6 Å². The predicted molar refractivity (Wildman–Crippen MR) is 153 cm³/mol. The Labute approximate surface area is 232 Å². The number of rotatable bonds is 11. The highest BCUT2D eigenvalue weighted by atomic mass is 32.2. The molecule has 2 unspecified atom stereocenters. The number of hydrogen-bond donors (Lipinski definition) is 3. The maximum absolute atomic E-state index is 14.4. The molecule has 3 amide bonds. The number of carbonyl (C=O) groups is 3. The third-order valence-corrected chi connectivity index (χ3v) is 7.69. The molecule has 38 heavy (non-hydrogen) atoms. The van der Waals surface area contributed by atoms with E-state index in [1.54, 1.807) is 55.6 Å². The van der Waals surface area contributed by atoms with E-state index in [0.29, 0.717) is 24.2 Å². The highest BCUT2D eigenvalue weighted by Crippen LogP contribution is 2.36. The standard InChI is InChI=1S/C29H47N3O5S/c1-8-29(5,6)32(26(35)22(18-19-38-7)31-27(36)37-28(2,3)4)24(21-16-12-13-17-23(21)33)25(34)30-20-14-10-9-11-15-20/h12-13,16-17,20,22,24,33H,8-11,14-15,18-19H2,1-7H3,(H,30,34)(H,31,36). The van der Waals surface area contributed by atoms with Crippen molar-refractivity contribution in [3.8, 4) is 5.75 Å². The summed E-state index contributed by atoms with van der Waals surface area (Å²) in [5, 5.41) is 16.8. The second kappa shape index (κ2) is 14.1. The highest BCUT2D eigenvalue weighted by molar-refractivity contribution is 7.98. The zero-order valence-electron chi connectivity index (χ0n) is 24.1. The zero-order chi connectivity index (χ0) is 28.5. The predicted octanol–water partition coefficient (Wildman–Crippen LogP) is 5.55. The van der Waals surface area contributed by atoms with Crippen molar-refractivity contribution in [1.29, 1.82) is 0 Å². The maximum atomic E-state index is 14.4. The van der Waals surface area contributed by atoms with Gasteiger partial charge < -0.3 is 25.4 Å². The molecule has 1 saturated carbocycles. The number of benzene rings is 1. The molecule has 2 rings (SSSR count). The number of nitrogens with one attached hydrogen (secondary N) is 2. The number of phenolic OH excluding ortho intramolecular Hbond substituents is 1. The van der Waals surface area contributed by atoms with Crippen molar-refractivity contribution in [1.82, 2.24) is 15.5 Å². The minimum atomic E-state index is -1.07. The summed E-state index contributed by atoms with van der Waals surface area (Å²) >= 11 is 1.57. The Morgan fingerprint density at radius 2 is 1.74 bits per heavy atom. The van der Waals surface area contributed by atoms with Crippen LogP contribution in [0, 0.1) is 0 Å². The molecular formula is C29H47N3O5S. The molecule has 0 aromatic heterocycles. The van der Waals surface area contributed by atoms with Gasteiger partial charge in [-0.15, -0.1) is 0 Å². The van der Waals surface area contributed by atoms with Gasteiger partial charge in [0.25, 0.3) is 0 Å². The summed E-state index contributed by atoms with van der Waals surface area (Å²) < 4.78 is 5.46. The average molecular weight is 550 g/mol. The Morgan fingerprint density at radius 1 is 1.11 bits per heavy atom. The molecule has 9 heteroatoms. The van der Waals surface area contributed by atoms with Gasteiger partial charge in [-0.25, -0.2) is 4.79 Å². The fraction of sp³-hybridized carbons (Fsp3) is 0.690. The topological polar surface area (TPSA) is 108 Å². The first-order valence-electron chi connectivity index (χ1n) is 13.7. The smallest absolute Gasteiger partial charge is 0.408 e. The zero-order valence-corrected chi connectivity index (χ0v) is 25.0. The van der Waals surface area contributed by atoms with Crippen LogP contribution in [0.1, 0.15) is 98.1 Å². The van der Waals surface area contributed by atoms with Crippen molar-refractivity contribution in [2.45, 2.75) is 116 Å². The van der Waals surface area contributed by atoms with Crippen LogP contribution in [0.5, 0.6) is 5.75 Å². The quantitative estimate of drug-likeness (QED) is 0.334. The van der Waals surface area contributed by atoms with E-state index in [4.69, 9.17) is 4.74 Å². The Kier molecular flexibility index (Phi) is 11.8. The molecule has 0 heterocycles. The molecule has 2 atom stereocenters. The molecule has 1 aromatic carbocycles. The minimum absolute atomic E-state index is 0.0264. The van der Waals surface area contributed by atoms with Gasteiger partial charge in [-0.2, -0.15) is 11.8 Å². The van der Waals surface area contributed by atoms with Gasteiger partial charge in [0.15, 0.2) is 0 Å². The van der Waals surface area contributed by atoms with E-state index in [0.717, 1.165) is 32.1 Å². The second-order valence-electron chi connectivity index (χ2n) is 11.7. The Morgan fingerprint density at radius 3 is 2.29 bits per heavy atom. The van der Waals surface area contributed by atoms with Crippen molar-refractivity contribution < 1.29 is 24.2 Å². The van der Waals surface area contributed by atoms with E-state index in [1.165, 1.54) is 6.07 Å². The van der Waals surface area contributed by atoms with Crippen LogP contribution in [0.2, 0.25) is 0 Å². The number of phenols is 1. The number of amides is 3. The lowest BCUT2D eigenvalue weighted by Crippen LogP contribution is -2.60. The average Bonchev–Trinajstić information content (AvgIpc) is 2.84. The number of nitrogens with zero attached hydrogens (tertiary/aromatic N) is 1. The number of thioether (sulfide) groups is 1. The van der Waals surface area contributed by atoms with Crippen molar-refractivity contribution in [2.75, 3.05) is 12.0 Å². The van der Waals surface area contributed by atoms with Crippen LogP contribution in [0.25, 0.3) is 0 Å². The van der Waals surface area contributed by atoms with E-state index in [-0.39, 0.29) is 23.6 Å². The number of hydrogen-bond acceptors (Lipinski definition) is 6. The first-order valence-corrected chi connectivity index (χ1v) is 15.1. The lowest BCUT2D eigenvalue weighted by molar-refractivity contribution is -0.149. The third kappa shape index (κ3) is 9.10. The van der Waals surface area contributed by atoms with E-state index in [1.807, 2.05) is 27.0 Å². The van der Waals surface area contributed by atoms with Gasteiger partial charge in [-0.3, -0.25) is 9.59 Å². The molecule has 0 bridgehead atoms. The number of para-hydroxylation sites is 1. The summed E-state index contributed by atoms with van der Waals surface area (Å²) in [4.78, 5) is 42.6. The van der Waals surface area contributed by atoms with Gasteiger partial charge in [0.05, 0.1) is 0 Å². The Balaban J connectivity index is 2.55. The molecule has 1 aliphatic carbocycles. The highest BCUT2D eigenvalue weighted by Gasteiger charge is 2.44. The normalized spacial score (nSPS) is 16.3. The minimum Gasteiger partial charge on any atom is -0.508 e. The van der Waals surface area contributed by atoms with Crippen LogP contribution in [0.15, 0.2) is 24.3 Å². The van der Waals surface area contributed by atoms with E-state index >= 15 is 0 Å². The largest absolute Gasteiger partial charge is 0.508 e. The van der Waals surface area contributed by atoms with Crippen LogP contribution in [-0.4, -0.2) is 63.1 Å². The van der Waals surface area contributed by atoms with Gasteiger partial charge >= 0.3 is 6.09 Å². The van der Waals surface area contributed by atoms with Gasteiger partial charge in [-0.05, 0) is 78.4 Å². The summed E-state index contributed by atoms with van der Waals surface area (Å²) in [7, 11) is 0. The molecule has 3 N–H and O–H groups in total. The van der Waals surface area contributed by atoms with Crippen molar-refractivity contribution in [2.24, 2.45) is 0 Å². The summed E-state index contributed by atoms with van der Waals surface area (Å²) in [5.74, 6) is -0.137. The van der Waals surface area contributed by atoms with Crippen molar-refractivity contribution in [3.05, 3.63) is 29.8 Å². The van der Waals surface area contributed by atoms with Crippen LogP contribution >= 0.6 is 11.8 Å². The van der Waals surface area contributed by atoms with E-state index in [9.17, 15) is 19.5 Å². The Hall–Kier alpha value is -2.42. The molecule has 214 valence electrons. The molecule has 1 aromatic rings. The monoisotopic (exact) mass is 549 g/mol. The molecule has 0 spiro atoms. The summed E-state index contributed by atoms with van der Waals surface area (Å²) in [6.45, 7) is 11.1. The first-order chi connectivity index (χ1) is 17.8. The molecule has 1 aliphatic rings. The van der Waals surface area contributed by atoms with E-state index < -0.39 is 29.3 Å². The third-order valence-electron chi connectivity index (χ3n) is 7.04. The number of aromatic hydroxyl groups is 1. The molecule has 1 fully saturated rings. The lowest BCUT2D eigenvalue weighted by Gasteiger charge is -2.45. The molecule has 0 radical (unpaired) electrons. The fourth-order valence-corrected chi connectivity index (χ4v) is 5.17. The lowest BCUT2D eigenvalue weighted by atomic mass is 9.90. The van der Waals surface area contributed by atoms with Crippen LogP contribution in [0.4, 0.5) is 4.79 Å². The van der Waals surface area contributed by atoms with E-state index in [2.05, 4.69) is 10.6 Å². The van der Waals surface area contributed by atoms with Crippen molar-refractivity contribution >= 4 is 29.7 Å². The fourth-order valence-electron chi connectivity index (χ4n) is 4.70. The second-order valence-corrected chi connectivity index (χ2v) is 12.6. The molecular weight excluding hydrogens is 502 g/mol. The number of alkyl carbamates (subject to hydrolysis) is 1. The van der Waals surface area contributed by atoms with Gasteiger partial charge in [0, 0.05) is 17.1 Å². The van der Waals surface area contributed by atoms with Gasteiger partial charge in [0.2, 0.25) is 11.8 Å². The summed E-state index contributed by atoms with van der Waals surface area (Å²) in [6.07, 6.45) is 7.20. The van der Waals surface area contributed by atoms with Gasteiger partial charge in [0.1, 0.15) is 23.4 Å². The SMILES string of the molecule is CCC(C)(C)N(C(=O)C(CCSC)NC(=O)OC(C)(C)C)C(C(=O)NC1CCCCC1)c1ccccc1O. The first kappa shape index (κ1) is 31.8. The molecule has 0 saturated heterocycles. The maximum Gasteiger partial charge on any atom is 0.408 e. The Bertz CT molecular complexity index is 940. The van der Waals surface area contributed by atoms with Crippen LogP contribution in [-0.2, 0) is 14.3 Å². The molecule has 8 nitrogen and oxygen atoms in total. The number of ether oxygens (including phenoxy) is 1. The van der Waals surface area contributed by atoms with Gasteiger partial charge in [-0.1, -0.05) is 44.4 Å². The molecule has 0 aliphatic heterocycles. The van der Waals surface area contributed by atoms with Crippen molar-refractivity contribution in [3.63, 3.8) is 0 Å².